The van der Waals surface area contributed by atoms with Crippen LogP contribution in [0.5, 0.6) is 0 Å². The number of thiophene rings is 1. The zero-order valence-corrected chi connectivity index (χ0v) is 11.0. The lowest BCUT2D eigenvalue weighted by Crippen LogP contribution is -2.26. The first-order chi connectivity index (χ1) is 8.99. The Morgan fingerprint density at radius 1 is 1.37 bits per heavy atom. The number of carbonyl (C=O) groups is 1. The minimum absolute atomic E-state index is 0.0297. The molecule has 0 bridgehead atoms. The van der Waals surface area contributed by atoms with E-state index in [2.05, 4.69) is 0 Å². The quantitative estimate of drug-likeness (QED) is 0.880. The molecule has 19 heavy (non-hydrogen) atoms. The maximum absolute atomic E-state index is 13.2. The Labute approximate surface area is 113 Å². The molecular weight excluding hydrogens is 270 g/mol. The van der Waals surface area contributed by atoms with Crippen molar-refractivity contribution in [2.24, 2.45) is 0 Å². The molecule has 0 saturated heterocycles. The predicted molar refractivity (Wildman–Crippen MR) is 70.9 cm³/mol. The summed E-state index contributed by atoms with van der Waals surface area (Å²) in [5.41, 5.74) is 5.45. The first-order valence-corrected chi connectivity index (χ1v) is 6.39. The Morgan fingerprint density at radius 3 is 2.68 bits per heavy atom. The molecule has 6 heteroatoms. The Bertz CT molecular complexity index is 599. The number of halogens is 2. The van der Waals surface area contributed by atoms with E-state index in [1.165, 1.54) is 16.2 Å². The fourth-order valence-corrected chi connectivity index (χ4v) is 2.42. The van der Waals surface area contributed by atoms with Gasteiger partial charge in [-0.15, -0.1) is 11.3 Å². The minimum Gasteiger partial charge on any atom is -0.398 e. The Morgan fingerprint density at radius 2 is 2.05 bits per heavy atom. The van der Waals surface area contributed by atoms with Crippen molar-refractivity contribution in [2.75, 3.05) is 12.8 Å². The number of hydrogen-bond acceptors (Lipinski definition) is 3. The monoisotopic (exact) mass is 282 g/mol. The number of nitrogens with two attached hydrogens (primary N) is 1. The molecule has 0 aliphatic heterocycles. The number of hydrogen-bond donors (Lipinski definition) is 1. The van der Waals surface area contributed by atoms with E-state index in [9.17, 15) is 13.6 Å². The first kappa shape index (κ1) is 13.5. The molecule has 1 aromatic heterocycles. The molecule has 0 unspecified atom stereocenters. The van der Waals surface area contributed by atoms with Crippen LogP contribution in [0.15, 0.2) is 29.6 Å². The molecule has 0 atom stereocenters. The number of anilines is 1. The zero-order chi connectivity index (χ0) is 14.0. The first-order valence-electron chi connectivity index (χ1n) is 5.51. The molecule has 0 saturated carbocycles. The summed E-state index contributed by atoms with van der Waals surface area (Å²) in [5, 5.41) is 1.90. The summed E-state index contributed by atoms with van der Waals surface area (Å²) in [4.78, 5) is 14.5. The molecule has 1 aromatic carbocycles. The van der Waals surface area contributed by atoms with Gasteiger partial charge in [0.25, 0.3) is 5.91 Å². The number of rotatable bonds is 3. The van der Waals surface area contributed by atoms with Crippen molar-refractivity contribution in [3.05, 3.63) is 51.7 Å². The lowest BCUT2D eigenvalue weighted by Gasteiger charge is -2.17. The van der Waals surface area contributed by atoms with Crippen LogP contribution >= 0.6 is 11.3 Å². The maximum atomic E-state index is 13.2. The van der Waals surface area contributed by atoms with Crippen LogP contribution in [0.2, 0.25) is 0 Å². The second-order valence-corrected chi connectivity index (χ2v) is 5.13. The average molecular weight is 282 g/mol. The van der Waals surface area contributed by atoms with Gasteiger partial charge in [0.1, 0.15) is 0 Å². The predicted octanol–water partition coefficient (Wildman–Crippen LogP) is 2.88. The van der Waals surface area contributed by atoms with E-state index in [-0.39, 0.29) is 11.3 Å². The number of amides is 1. The molecule has 2 N–H and O–H groups in total. The molecule has 1 amide bonds. The third kappa shape index (κ3) is 2.90. The van der Waals surface area contributed by atoms with Crippen LogP contribution in [0.3, 0.4) is 0 Å². The maximum Gasteiger partial charge on any atom is 0.256 e. The van der Waals surface area contributed by atoms with Crippen LogP contribution in [0.4, 0.5) is 14.5 Å². The molecule has 0 fully saturated rings. The van der Waals surface area contributed by atoms with Gasteiger partial charge in [-0.05, 0) is 17.5 Å². The number of carbonyl (C=O) groups excluding carboxylic acids is 1. The SMILES string of the molecule is CN(Cc1cccs1)C(=O)c1cc(F)c(F)cc1N. The molecule has 2 aromatic rings. The van der Waals surface area contributed by atoms with Crippen molar-refractivity contribution in [2.45, 2.75) is 6.54 Å². The van der Waals surface area contributed by atoms with Gasteiger partial charge in [0.05, 0.1) is 12.1 Å². The topological polar surface area (TPSA) is 46.3 Å². The third-order valence-corrected chi connectivity index (χ3v) is 3.50. The van der Waals surface area contributed by atoms with E-state index in [1.54, 1.807) is 7.05 Å². The van der Waals surface area contributed by atoms with Gasteiger partial charge in [-0.2, -0.15) is 0 Å². The van der Waals surface area contributed by atoms with Gasteiger partial charge >= 0.3 is 0 Å². The van der Waals surface area contributed by atoms with Crippen molar-refractivity contribution >= 4 is 22.9 Å². The summed E-state index contributed by atoms with van der Waals surface area (Å²) in [6.45, 7) is 0.398. The van der Waals surface area contributed by atoms with Gasteiger partial charge < -0.3 is 10.6 Å². The summed E-state index contributed by atoms with van der Waals surface area (Å²) >= 11 is 1.51. The number of nitrogens with zero attached hydrogens (tertiary/aromatic N) is 1. The van der Waals surface area contributed by atoms with E-state index < -0.39 is 17.5 Å². The number of nitrogen functional groups attached to an aromatic ring is 1. The number of benzene rings is 1. The van der Waals surface area contributed by atoms with E-state index in [4.69, 9.17) is 5.73 Å². The fraction of sp³-hybridized carbons (Fsp3) is 0.154. The van der Waals surface area contributed by atoms with Crippen molar-refractivity contribution in [1.29, 1.82) is 0 Å². The third-order valence-electron chi connectivity index (χ3n) is 2.64. The molecule has 0 radical (unpaired) electrons. The Balaban J connectivity index is 2.21. The highest BCUT2D eigenvalue weighted by Crippen LogP contribution is 2.20. The van der Waals surface area contributed by atoms with Gasteiger partial charge in [-0.3, -0.25) is 4.79 Å². The van der Waals surface area contributed by atoms with Gasteiger partial charge in [-0.1, -0.05) is 6.07 Å². The lowest BCUT2D eigenvalue weighted by atomic mass is 10.1. The molecule has 2 rings (SSSR count). The van der Waals surface area contributed by atoms with E-state index in [0.717, 1.165) is 17.0 Å². The van der Waals surface area contributed by atoms with Gasteiger partial charge in [0.2, 0.25) is 0 Å². The molecule has 1 heterocycles. The minimum atomic E-state index is -1.08. The molecule has 0 spiro atoms. The van der Waals surface area contributed by atoms with Crippen LogP contribution in [-0.4, -0.2) is 17.9 Å². The summed E-state index contributed by atoms with van der Waals surface area (Å²) in [5.74, 6) is -2.58. The molecule has 0 aliphatic carbocycles. The molecule has 3 nitrogen and oxygen atoms in total. The Hall–Kier alpha value is -1.95. The standard InChI is InChI=1S/C13H12F2N2OS/c1-17(7-8-3-2-4-19-8)13(18)9-5-10(14)11(15)6-12(9)16/h2-6H,7,16H2,1H3. The highest BCUT2D eigenvalue weighted by Gasteiger charge is 2.18. The molecule has 100 valence electrons. The summed E-state index contributed by atoms with van der Waals surface area (Å²) in [7, 11) is 1.59. The van der Waals surface area contributed by atoms with E-state index >= 15 is 0 Å². The summed E-state index contributed by atoms with van der Waals surface area (Å²) < 4.78 is 26.1. The Kier molecular flexibility index (Phi) is 3.80. The summed E-state index contributed by atoms with van der Waals surface area (Å²) in [6, 6.07) is 5.42. The van der Waals surface area contributed by atoms with Crippen LogP contribution in [0, 0.1) is 11.6 Å². The average Bonchev–Trinajstić information content (AvgIpc) is 2.85. The second kappa shape index (κ2) is 5.36. The van der Waals surface area contributed by atoms with Gasteiger partial charge in [0, 0.05) is 23.7 Å². The molecule has 0 aliphatic rings. The van der Waals surface area contributed by atoms with Gasteiger partial charge in [0.15, 0.2) is 11.6 Å². The van der Waals surface area contributed by atoms with Crippen LogP contribution < -0.4 is 5.73 Å². The van der Waals surface area contributed by atoms with E-state index in [1.807, 2.05) is 17.5 Å². The zero-order valence-electron chi connectivity index (χ0n) is 10.2. The summed E-state index contributed by atoms with van der Waals surface area (Å²) in [6.07, 6.45) is 0. The van der Waals surface area contributed by atoms with Crippen LogP contribution in [0.1, 0.15) is 15.2 Å². The van der Waals surface area contributed by atoms with E-state index in [0.29, 0.717) is 6.54 Å². The van der Waals surface area contributed by atoms with Crippen molar-refractivity contribution in [1.82, 2.24) is 4.90 Å². The highest BCUT2D eigenvalue weighted by atomic mass is 32.1. The van der Waals surface area contributed by atoms with Crippen molar-refractivity contribution in [3.8, 4) is 0 Å². The smallest absolute Gasteiger partial charge is 0.256 e. The largest absolute Gasteiger partial charge is 0.398 e. The van der Waals surface area contributed by atoms with Crippen molar-refractivity contribution in [3.63, 3.8) is 0 Å². The van der Waals surface area contributed by atoms with Crippen LogP contribution in [0.25, 0.3) is 0 Å². The highest BCUT2D eigenvalue weighted by molar-refractivity contribution is 7.09. The second-order valence-electron chi connectivity index (χ2n) is 4.09. The normalized spacial score (nSPS) is 10.5. The lowest BCUT2D eigenvalue weighted by molar-refractivity contribution is 0.0787. The molecular formula is C13H12F2N2OS. The fourth-order valence-electron chi connectivity index (χ4n) is 1.66. The van der Waals surface area contributed by atoms with Crippen molar-refractivity contribution < 1.29 is 13.6 Å². The van der Waals surface area contributed by atoms with Crippen LogP contribution in [-0.2, 0) is 6.54 Å². The van der Waals surface area contributed by atoms with Gasteiger partial charge in [-0.25, -0.2) is 8.78 Å².